The minimum Gasteiger partial charge on any atom is -0.252 e. The minimum atomic E-state index is 0.396. The molecule has 1 atom stereocenters. The van der Waals surface area contributed by atoms with E-state index in [2.05, 4.69) is 72.3 Å². The molecule has 0 amide bonds. The summed E-state index contributed by atoms with van der Waals surface area (Å²) >= 11 is 1.72. The highest BCUT2D eigenvalue weighted by Gasteiger charge is 2.15. The van der Waals surface area contributed by atoms with E-state index in [-0.39, 0.29) is 0 Å². The first kappa shape index (κ1) is 12.5. The van der Waals surface area contributed by atoms with Crippen molar-refractivity contribution in [3.8, 4) is 0 Å². The zero-order valence-electron chi connectivity index (χ0n) is 11.0. The Morgan fingerprint density at radius 3 is 2.68 bits per heavy atom. The quantitative estimate of drug-likeness (QED) is 0.805. The lowest BCUT2D eigenvalue weighted by atomic mass is 9.94. The van der Waals surface area contributed by atoms with Crippen LogP contribution in [0.4, 0.5) is 0 Å². The Hall–Kier alpha value is -1.51. The van der Waals surface area contributed by atoms with Crippen molar-refractivity contribution in [1.82, 2.24) is 4.72 Å². The molecule has 1 aliphatic rings. The lowest BCUT2D eigenvalue weighted by molar-refractivity contribution is 0.681. The molecule has 0 bridgehead atoms. The lowest BCUT2D eigenvalue weighted by Crippen LogP contribution is -2.16. The molecule has 2 aromatic carbocycles. The highest BCUT2D eigenvalue weighted by molar-refractivity contribution is 7.97. The molecule has 0 aliphatic heterocycles. The maximum atomic E-state index is 3.58. The largest absolute Gasteiger partial charge is 0.252 e. The van der Waals surface area contributed by atoms with Gasteiger partial charge in [-0.15, -0.1) is 0 Å². The number of hydrogen-bond acceptors (Lipinski definition) is 2. The molecule has 0 heterocycles. The van der Waals surface area contributed by atoms with Crippen LogP contribution < -0.4 is 4.72 Å². The van der Waals surface area contributed by atoms with Crippen LogP contribution in [-0.4, -0.2) is 0 Å². The summed E-state index contributed by atoms with van der Waals surface area (Å²) in [5.74, 6) is 0. The first-order valence-corrected chi connectivity index (χ1v) is 7.39. The van der Waals surface area contributed by atoms with Gasteiger partial charge in [-0.25, -0.2) is 0 Å². The van der Waals surface area contributed by atoms with E-state index < -0.39 is 0 Å². The summed E-state index contributed by atoms with van der Waals surface area (Å²) < 4.78 is 3.58. The minimum absolute atomic E-state index is 0.396. The first-order chi connectivity index (χ1) is 9.33. The Balaban J connectivity index is 1.71. The number of hydrogen-bond donors (Lipinski definition) is 1. The van der Waals surface area contributed by atoms with Gasteiger partial charge in [-0.2, -0.15) is 0 Å². The summed E-state index contributed by atoms with van der Waals surface area (Å²) in [5.41, 5.74) is 4.02. The Morgan fingerprint density at radius 1 is 1.05 bits per heavy atom. The lowest BCUT2D eigenvalue weighted by Gasteiger charge is -2.22. The molecule has 0 saturated carbocycles. The SMILES string of the molecule is Cc1ccc(SNC2CC=Cc3ccccc32)cc1. The predicted octanol–water partition coefficient (Wildman–Crippen LogP) is 4.75. The van der Waals surface area contributed by atoms with E-state index in [1.807, 2.05) is 0 Å². The van der Waals surface area contributed by atoms with Gasteiger partial charge in [-0.05, 0) is 48.6 Å². The zero-order valence-corrected chi connectivity index (χ0v) is 11.8. The topological polar surface area (TPSA) is 12.0 Å². The highest BCUT2D eigenvalue weighted by Crippen LogP contribution is 2.30. The van der Waals surface area contributed by atoms with Gasteiger partial charge < -0.3 is 0 Å². The van der Waals surface area contributed by atoms with Crippen molar-refractivity contribution in [2.75, 3.05) is 0 Å². The van der Waals surface area contributed by atoms with Gasteiger partial charge in [0.2, 0.25) is 0 Å². The van der Waals surface area contributed by atoms with Crippen LogP contribution in [0.3, 0.4) is 0 Å². The van der Waals surface area contributed by atoms with Crippen LogP contribution in [-0.2, 0) is 0 Å². The van der Waals surface area contributed by atoms with Gasteiger partial charge in [0, 0.05) is 10.9 Å². The van der Waals surface area contributed by atoms with Crippen LogP contribution >= 0.6 is 11.9 Å². The molecule has 0 fully saturated rings. The maximum absolute atomic E-state index is 3.58. The van der Waals surface area contributed by atoms with Crippen LogP contribution in [0, 0.1) is 6.92 Å². The second-order valence-electron chi connectivity index (χ2n) is 4.85. The summed E-state index contributed by atoms with van der Waals surface area (Å²) in [5, 5.41) is 0. The first-order valence-electron chi connectivity index (χ1n) is 6.57. The molecule has 96 valence electrons. The molecular weight excluding hydrogens is 250 g/mol. The Labute approximate surface area is 118 Å². The van der Waals surface area contributed by atoms with E-state index in [1.54, 1.807) is 11.9 Å². The standard InChI is InChI=1S/C17H17NS/c1-13-9-11-15(12-10-13)19-18-17-8-4-6-14-5-2-3-7-16(14)17/h2-7,9-12,17-18H,8H2,1H3. The van der Waals surface area contributed by atoms with Crippen molar-refractivity contribution in [2.45, 2.75) is 24.3 Å². The van der Waals surface area contributed by atoms with Crippen molar-refractivity contribution in [2.24, 2.45) is 0 Å². The van der Waals surface area contributed by atoms with Crippen molar-refractivity contribution in [1.29, 1.82) is 0 Å². The van der Waals surface area contributed by atoms with Gasteiger partial charge in [-0.3, -0.25) is 4.72 Å². The zero-order chi connectivity index (χ0) is 13.1. The Bertz CT molecular complexity index is 586. The molecule has 19 heavy (non-hydrogen) atoms. The van der Waals surface area contributed by atoms with Crippen LogP contribution in [0.5, 0.6) is 0 Å². The number of benzene rings is 2. The Kier molecular flexibility index (Phi) is 3.72. The van der Waals surface area contributed by atoms with Gasteiger partial charge in [-0.1, -0.05) is 54.1 Å². The third-order valence-electron chi connectivity index (χ3n) is 3.38. The van der Waals surface area contributed by atoms with E-state index in [0.29, 0.717) is 6.04 Å². The average molecular weight is 267 g/mol. The van der Waals surface area contributed by atoms with Crippen LogP contribution in [0.25, 0.3) is 6.08 Å². The second kappa shape index (κ2) is 5.64. The average Bonchev–Trinajstić information content (AvgIpc) is 2.47. The second-order valence-corrected chi connectivity index (χ2v) is 5.76. The molecule has 1 N–H and O–H groups in total. The van der Waals surface area contributed by atoms with E-state index >= 15 is 0 Å². The van der Waals surface area contributed by atoms with Gasteiger partial charge in [0.25, 0.3) is 0 Å². The van der Waals surface area contributed by atoms with Crippen LogP contribution in [0.1, 0.15) is 29.2 Å². The molecule has 1 unspecified atom stereocenters. The van der Waals surface area contributed by atoms with Crippen molar-refractivity contribution >= 4 is 18.0 Å². The van der Waals surface area contributed by atoms with Crippen molar-refractivity contribution in [3.63, 3.8) is 0 Å². The number of aryl methyl sites for hydroxylation is 1. The normalized spacial score (nSPS) is 17.2. The summed E-state index contributed by atoms with van der Waals surface area (Å²) in [6, 6.07) is 17.6. The number of fused-ring (bicyclic) bond motifs is 1. The fourth-order valence-corrected chi connectivity index (χ4v) is 3.07. The third kappa shape index (κ3) is 2.91. The molecule has 1 nitrogen and oxygen atoms in total. The molecule has 0 aromatic heterocycles. The van der Waals surface area contributed by atoms with Crippen LogP contribution in [0.15, 0.2) is 59.5 Å². The summed E-state index contributed by atoms with van der Waals surface area (Å²) in [7, 11) is 0. The molecule has 2 heteroatoms. The Morgan fingerprint density at radius 2 is 1.84 bits per heavy atom. The molecule has 0 radical (unpaired) electrons. The van der Waals surface area contributed by atoms with E-state index in [4.69, 9.17) is 0 Å². The van der Waals surface area contributed by atoms with Gasteiger partial charge in [0.15, 0.2) is 0 Å². The smallest absolute Gasteiger partial charge is 0.0465 e. The van der Waals surface area contributed by atoms with E-state index in [1.165, 1.54) is 21.6 Å². The third-order valence-corrected chi connectivity index (χ3v) is 4.29. The summed E-state index contributed by atoms with van der Waals surface area (Å²) in [4.78, 5) is 1.26. The molecular formula is C17H17NS. The maximum Gasteiger partial charge on any atom is 0.0465 e. The summed E-state index contributed by atoms with van der Waals surface area (Å²) in [6.45, 7) is 2.12. The van der Waals surface area contributed by atoms with Crippen LogP contribution in [0.2, 0.25) is 0 Å². The van der Waals surface area contributed by atoms with E-state index in [0.717, 1.165) is 6.42 Å². The van der Waals surface area contributed by atoms with Crippen molar-refractivity contribution in [3.05, 3.63) is 71.3 Å². The monoisotopic (exact) mass is 267 g/mol. The molecule has 3 rings (SSSR count). The number of nitrogens with one attached hydrogen (secondary N) is 1. The van der Waals surface area contributed by atoms with Gasteiger partial charge >= 0.3 is 0 Å². The predicted molar refractivity (Wildman–Crippen MR) is 83.0 cm³/mol. The van der Waals surface area contributed by atoms with Crippen molar-refractivity contribution < 1.29 is 0 Å². The number of rotatable bonds is 3. The molecule has 0 saturated heterocycles. The van der Waals surface area contributed by atoms with Gasteiger partial charge in [0.1, 0.15) is 0 Å². The summed E-state index contributed by atoms with van der Waals surface area (Å²) in [6.07, 6.45) is 5.51. The molecule has 1 aliphatic carbocycles. The molecule has 0 spiro atoms. The van der Waals surface area contributed by atoms with E-state index in [9.17, 15) is 0 Å². The fraction of sp³-hybridized carbons (Fsp3) is 0.176. The molecule has 2 aromatic rings. The highest BCUT2D eigenvalue weighted by atomic mass is 32.2. The van der Waals surface area contributed by atoms with Gasteiger partial charge in [0.05, 0.1) is 0 Å². The fourth-order valence-electron chi connectivity index (χ4n) is 2.30.